The highest BCUT2D eigenvalue weighted by Crippen LogP contribution is 2.49. The molecule has 2 heterocycles. The topological polar surface area (TPSA) is 180 Å². The number of hydrogen-bond donors (Lipinski definition) is 1. The van der Waals surface area contributed by atoms with Gasteiger partial charge in [0, 0.05) is 59.2 Å². The van der Waals surface area contributed by atoms with Crippen molar-refractivity contribution in [1.29, 1.82) is 5.26 Å². The summed E-state index contributed by atoms with van der Waals surface area (Å²) in [6.07, 6.45) is 8.12. The molecule has 0 bridgehead atoms. The van der Waals surface area contributed by atoms with E-state index in [4.69, 9.17) is 4.74 Å². The molecule has 4 rings (SSSR count). The molecule has 13 nitrogen and oxygen atoms in total. The minimum absolute atomic E-state index is 0.00970. The molecule has 0 saturated heterocycles. The van der Waals surface area contributed by atoms with Crippen LogP contribution >= 0.6 is 0 Å². The van der Waals surface area contributed by atoms with E-state index in [0.29, 0.717) is 42.8 Å². The number of nitro groups is 2. The zero-order valence-electron chi connectivity index (χ0n) is 26.6. The first kappa shape index (κ1) is 34.2. The largest absolute Gasteiger partial charge is 0.481 e. The molecular weight excluding hydrogens is 606 g/mol. The monoisotopic (exact) mass is 642 g/mol. The Kier molecular flexibility index (Phi) is 10.0. The Morgan fingerprint density at radius 1 is 1.02 bits per heavy atom. The van der Waals surface area contributed by atoms with Crippen LogP contribution in [0.3, 0.4) is 0 Å². The molecule has 0 aliphatic carbocycles. The van der Waals surface area contributed by atoms with Gasteiger partial charge < -0.3 is 14.7 Å². The summed E-state index contributed by atoms with van der Waals surface area (Å²) in [6.45, 7) is 8.98. The van der Waals surface area contributed by atoms with Crippen molar-refractivity contribution in [1.82, 2.24) is 0 Å². The number of nitrogens with zero attached hydrogens (tertiary/aromatic N) is 5. The zero-order valence-corrected chi connectivity index (χ0v) is 26.6. The second-order valence-corrected chi connectivity index (χ2v) is 12.3. The number of unbranched alkanes of at least 4 members (excludes halogenated alkanes) is 1. The quantitative estimate of drug-likeness (QED) is 0.0489. The van der Waals surface area contributed by atoms with Crippen LogP contribution in [0, 0.1) is 31.6 Å². The van der Waals surface area contributed by atoms with Crippen LogP contribution in [0.15, 0.2) is 72.0 Å². The minimum Gasteiger partial charge on any atom is -0.481 e. The van der Waals surface area contributed by atoms with Crippen molar-refractivity contribution < 1.29 is 33.9 Å². The number of nitro benzene ring substituents is 2. The fourth-order valence-electron chi connectivity index (χ4n) is 6.37. The molecule has 2 aliphatic heterocycles. The summed E-state index contributed by atoms with van der Waals surface area (Å²) in [4.78, 5) is 46.3. The number of aliphatic carboxylic acids is 1. The molecule has 0 atom stereocenters. The molecule has 0 fully saturated rings. The zero-order chi connectivity index (χ0) is 34.5. The number of anilines is 1. The molecule has 0 aromatic heterocycles. The van der Waals surface area contributed by atoms with Gasteiger partial charge in [-0.25, -0.2) is 0 Å². The number of benzene rings is 2. The number of nitriles is 1. The highest BCUT2D eigenvalue weighted by atomic mass is 16.6. The number of rotatable bonds is 14. The van der Waals surface area contributed by atoms with Crippen LogP contribution in [0.1, 0.15) is 58.1 Å². The van der Waals surface area contributed by atoms with Gasteiger partial charge in [0.15, 0.2) is 6.54 Å². The van der Waals surface area contributed by atoms with Crippen LogP contribution in [0.25, 0.3) is 0 Å². The molecule has 2 aromatic carbocycles. The van der Waals surface area contributed by atoms with Gasteiger partial charge in [0.2, 0.25) is 11.4 Å². The van der Waals surface area contributed by atoms with Crippen molar-refractivity contribution in [2.45, 2.75) is 57.8 Å². The van der Waals surface area contributed by atoms with Crippen molar-refractivity contribution in [3.8, 4) is 6.07 Å². The van der Waals surface area contributed by atoms with E-state index in [1.807, 2.05) is 33.8 Å². The first-order valence-electron chi connectivity index (χ1n) is 15.0. The van der Waals surface area contributed by atoms with Crippen LogP contribution < -0.4 is 4.90 Å². The van der Waals surface area contributed by atoms with E-state index in [9.17, 15) is 40.2 Å². The van der Waals surface area contributed by atoms with Gasteiger partial charge in [-0.15, -0.1) is 0 Å². The maximum absolute atomic E-state index is 11.5. The summed E-state index contributed by atoms with van der Waals surface area (Å²) < 4.78 is 6.57. The fraction of sp³-hybridized carbons (Fsp3) is 0.353. The molecule has 0 unspecified atom stereocenters. The molecule has 0 radical (unpaired) electrons. The predicted molar refractivity (Wildman–Crippen MR) is 174 cm³/mol. The van der Waals surface area contributed by atoms with E-state index in [1.165, 1.54) is 18.2 Å². The van der Waals surface area contributed by atoms with Crippen molar-refractivity contribution >= 4 is 40.9 Å². The average molecular weight is 643 g/mol. The summed E-state index contributed by atoms with van der Waals surface area (Å²) >= 11 is 0. The van der Waals surface area contributed by atoms with Crippen LogP contribution in [0.2, 0.25) is 0 Å². The van der Waals surface area contributed by atoms with E-state index in [-0.39, 0.29) is 36.5 Å². The lowest BCUT2D eigenvalue weighted by Gasteiger charge is -2.27. The molecular formula is C34H36N5O8+. The summed E-state index contributed by atoms with van der Waals surface area (Å²) in [5.41, 5.74) is 3.00. The molecule has 2 aromatic rings. The normalized spacial score (nSPS) is 17.0. The number of hydrogen-bond acceptors (Lipinski definition) is 9. The number of fused-ring (bicyclic) bond motifs is 2. The maximum atomic E-state index is 11.5. The Bertz CT molecular complexity index is 1800. The number of carboxylic acids is 1. The Hall–Kier alpha value is -5.64. The van der Waals surface area contributed by atoms with Crippen molar-refractivity contribution in [3.63, 3.8) is 0 Å². The third-order valence-electron chi connectivity index (χ3n) is 8.62. The summed E-state index contributed by atoms with van der Waals surface area (Å²) in [5.74, 6) is -1.02. The van der Waals surface area contributed by atoms with Gasteiger partial charge in [0.25, 0.3) is 17.8 Å². The van der Waals surface area contributed by atoms with Gasteiger partial charge in [-0.1, -0.05) is 26.0 Å². The fourth-order valence-corrected chi connectivity index (χ4v) is 6.37. The van der Waals surface area contributed by atoms with E-state index < -0.39 is 26.6 Å². The first-order chi connectivity index (χ1) is 22.2. The third kappa shape index (κ3) is 6.81. The molecule has 1 N–H and O–H groups in total. The predicted octanol–water partition coefficient (Wildman–Crippen LogP) is 5.99. The Morgan fingerprint density at radius 2 is 1.68 bits per heavy atom. The van der Waals surface area contributed by atoms with E-state index >= 15 is 0 Å². The number of ether oxygens (including phenoxy) is 1. The van der Waals surface area contributed by atoms with E-state index in [2.05, 4.69) is 11.0 Å². The summed E-state index contributed by atoms with van der Waals surface area (Å²) in [5, 5.41) is 42.8. The second kappa shape index (κ2) is 13.8. The van der Waals surface area contributed by atoms with Crippen molar-refractivity contribution in [3.05, 3.63) is 103 Å². The lowest BCUT2D eigenvalue weighted by atomic mass is 9.78. The lowest BCUT2D eigenvalue weighted by molar-refractivity contribution is -0.437. The highest BCUT2D eigenvalue weighted by Gasteiger charge is 2.48. The van der Waals surface area contributed by atoms with E-state index in [1.54, 1.807) is 41.0 Å². The van der Waals surface area contributed by atoms with Crippen LogP contribution in [-0.4, -0.2) is 57.4 Å². The minimum atomic E-state index is -1.02. The lowest BCUT2D eigenvalue weighted by Crippen LogP contribution is -2.31. The third-order valence-corrected chi connectivity index (χ3v) is 8.62. The molecule has 244 valence electrons. The highest BCUT2D eigenvalue weighted by molar-refractivity contribution is 6.10. The Labute approximate surface area is 271 Å². The first-order valence-corrected chi connectivity index (χ1v) is 15.0. The maximum Gasteiger partial charge on any atom is 0.309 e. The van der Waals surface area contributed by atoms with Crippen molar-refractivity contribution in [2.24, 2.45) is 0 Å². The number of carbonyl (C=O) groups is 2. The number of carboxylic acid groups (broad SMARTS) is 1. The molecule has 47 heavy (non-hydrogen) atoms. The standard InChI is InChI=1S/C34H35N5O8/c1-33(2)26-19-24(38(43)44)11-13-28(26)36(16-7-8-18-47-22-40)30(33)10-6-5-9-23(21-35)32-34(3,4)27-20-25(39(45)46)12-14-29(27)37(32)17-15-31(41)42/h5-6,9-14,19-20,22H,7-8,15-18H2,1-4H3/p+1. The second-order valence-electron chi connectivity index (χ2n) is 12.3. The number of allylic oxidation sites excluding steroid dienone is 6. The number of non-ortho nitro benzene ring substituents is 2. The molecule has 0 spiro atoms. The SMILES string of the molecule is CC1(C)C(=CC=CC=C(C#N)C2=[N+](CCC(=O)O)c3ccc([N+](=O)[O-])cc3C2(C)C)N(CCCCOC=O)c2ccc([N+](=O)[O-])cc21. The van der Waals surface area contributed by atoms with Gasteiger partial charge in [-0.2, -0.15) is 9.84 Å². The molecule has 0 saturated carbocycles. The number of carbonyl (C=O) groups excluding carboxylic acids is 1. The van der Waals surface area contributed by atoms with Gasteiger partial charge in [-0.3, -0.25) is 29.8 Å². The van der Waals surface area contributed by atoms with Crippen LogP contribution in [0.5, 0.6) is 0 Å². The van der Waals surface area contributed by atoms with E-state index in [0.717, 1.165) is 16.9 Å². The molecule has 0 amide bonds. The van der Waals surface area contributed by atoms with Crippen molar-refractivity contribution in [2.75, 3.05) is 24.6 Å². The van der Waals surface area contributed by atoms with Gasteiger partial charge in [0.05, 0.1) is 21.9 Å². The summed E-state index contributed by atoms with van der Waals surface area (Å²) in [6, 6.07) is 11.5. The van der Waals surface area contributed by atoms with Gasteiger partial charge in [-0.05, 0) is 50.5 Å². The average Bonchev–Trinajstić information content (AvgIpc) is 3.37. The smallest absolute Gasteiger partial charge is 0.309 e. The van der Waals surface area contributed by atoms with Gasteiger partial charge in [0.1, 0.15) is 18.1 Å². The van der Waals surface area contributed by atoms with Crippen LogP contribution in [0.4, 0.5) is 22.7 Å². The molecule has 2 aliphatic rings. The Balaban J connectivity index is 1.73. The molecule has 13 heteroatoms. The Morgan fingerprint density at radius 3 is 2.30 bits per heavy atom. The van der Waals surface area contributed by atoms with Crippen LogP contribution in [-0.2, 0) is 25.2 Å². The van der Waals surface area contributed by atoms with Gasteiger partial charge >= 0.3 is 5.97 Å². The summed E-state index contributed by atoms with van der Waals surface area (Å²) in [7, 11) is 0.